The molecule has 0 radical (unpaired) electrons. The Hall–Kier alpha value is -2.83. The average molecular weight is 372 g/mol. The Balaban J connectivity index is 1.62. The van der Waals surface area contributed by atoms with E-state index < -0.39 is 0 Å². The summed E-state index contributed by atoms with van der Waals surface area (Å²) in [6.07, 6.45) is 5.15. The zero-order valence-electron chi connectivity index (χ0n) is 15.8. The van der Waals surface area contributed by atoms with Crippen LogP contribution in [0.15, 0.2) is 24.3 Å². The normalized spacial score (nSPS) is 21.2. The van der Waals surface area contributed by atoms with Crippen molar-refractivity contribution < 1.29 is 23.9 Å². The van der Waals surface area contributed by atoms with Crippen molar-refractivity contribution >= 4 is 23.4 Å². The lowest BCUT2D eigenvalue weighted by Crippen LogP contribution is -2.34. The van der Waals surface area contributed by atoms with Crippen molar-refractivity contribution in [2.75, 3.05) is 26.1 Å². The minimum absolute atomic E-state index is 0.0537. The maximum absolute atomic E-state index is 12.4. The van der Waals surface area contributed by atoms with Gasteiger partial charge in [0.15, 0.2) is 11.5 Å². The number of nitrogens with one attached hydrogen (secondary N) is 1. The van der Waals surface area contributed by atoms with Crippen LogP contribution in [-0.2, 0) is 14.4 Å². The van der Waals surface area contributed by atoms with Crippen molar-refractivity contribution in [1.82, 2.24) is 4.90 Å². The summed E-state index contributed by atoms with van der Waals surface area (Å²) >= 11 is 0. The lowest BCUT2D eigenvalue weighted by Gasteiger charge is -2.16. The number of likely N-dealkylation sites (tertiary alicyclic amines) is 1. The smallest absolute Gasteiger partial charge is 0.233 e. The van der Waals surface area contributed by atoms with Gasteiger partial charge in [0.05, 0.1) is 26.1 Å². The quantitative estimate of drug-likeness (QED) is 0.612. The molecule has 0 unspecified atom stereocenters. The Kier molecular flexibility index (Phi) is 5.48. The number of rotatable bonds is 6. The molecule has 1 aromatic carbocycles. The number of benzene rings is 1. The van der Waals surface area contributed by atoms with Crippen molar-refractivity contribution in [3.8, 4) is 11.5 Å². The van der Waals surface area contributed by atoms with E-state index in [1.165, 1.54) is 12.0 Å². The largest absolute Gasteiger partial charge is 0.493 e. The van der Waals surface area contributed by atoms with Crippen LogP contribution >= 0.6 is 0 Å². The molecule has 0 bridgehead atoms. The van der Waals surface area contributed by atoms with Gasteiger partial charge in [0.25, 0.3) is 0 Å². The summed E-state index contributed by atoms with van der Waals surface area (Å²) < 4.78 is 10.5. The lowest BCUT2D eigenvalue weighted by molar-refractivity contribution is -0.140. The van der Waals surface area contributed by atoms with E-state index in [4.69, 9.17) is 9.47 Å². The molecule has 0 saturated carbocycles. The molecular weight excluding hydrogens is 348 g/mol. The number of carbonyl (C=O) groups is 3. The molecule has 1 aromatic rings. The number of carbonyl (C=O) groups excluding carboxylic acids is 3. The van der Waals surface area contributed by atoms with Gasteiger partial charge < -0.3 is 14.8 Å². The van der Waals surface area contributed by atoms with Gasteiger partial charge in [-0.25, -0.2) is 0 Å². The number of aryl methyl sites for hydroxylation is 1. The zero-order chi connectivity index (χ0) is 19.6. The monoisotopic (exact) mass is 372 g/mol. The van der Waals surface area contributed by atoms with Crippen LogP contribution < -0.4 is 14.8 Å². The molecule has 2 atom stereocenters. The fraction of sp³-hybridized carbons (Fsp3) is 0.450. The van der Waals surface area contributed by atoms with Crippen LogP contribution in [0.5, 0.6) is 11.5 Å². The Labute approximate surface area is 158 Å². The van der Waals surface area contributed by atoms with E-state index in [-0.39, 0.29) is 42.5 Å². The Morgan fingerprint density at radius 3 is 2.19 bits per heavy atom. The predicted octanol–water partition coefficient (Wildman–Crippen LogP) is 2.29. The van der Waals surface area contributed by atoms with E-state index >= 15 is 0 Å². The van der Waals surface area contributed by atoms with Crippen LogP contribution in [0.1, 0.15) is 24.8 Å². The highest BCUT2D eigenvalue weighted by Crippen LogP contribution is 2.35. The van der Waals surface area contributed by atoms with Crippen LogP contribution in [0.2, 0.25) is 0 Å². The molecule has 3 amide bonds. The highest BCUT2D eigenvalue weighted by Gasteiger charge is 2.46. The van der Waals surface area contributed by atoms with Gasteiger partial charge in [-0.1, -0.05) is 12.2 Å². The SMILES string of the molecule is COc1cc(C)c(NC(=O)CCN2C(=O)[C@H]3CC=CC[C@H]3C2=O)cc1OC. The van der Waals surface area contributed by atoms with Crippen molar-refractivity contribution in [3.63, 3.8) is 0 Å². The predicted molar refractivity (Wildman–Crippen MR) is 99.6 cm³/mol. The molecule has 7 heteroatoms. The standard InChI is InChI=1S/C20H24N2O5/c1-12-10-16(26-2)17(27-3)11-15(12)21-18(23)8-9-22-19(24)13-6-4-5-7-14(13)20(22)25/h4-5,10-11,13-14H,6-9H2,1-3H3,(H,21,23)/t13-,14+. The number of allylic oxidation sites excluding steroid dienone is 2. The Morgan fingerprint density at radius 1 is 1.07 bits per heavy atom. The van der Waals surface area contributed by atoms with Crippen LogP contribution in [0.25, 0.3) is 0 Å². The topological polar surface area (TPSA) is 84.9 Å². The molecule has 2 aliphatic rings. The molecule has 1 N–H and O–H groups in total. The molecule has 1 aliphatic carbocycles. The molecule has 1 aliphatic heterocycles. The van der Waals surface area contributed by atoms with E-state index in [0.717, 1.165) is 5.56 Å². The number of hydrogen-bond acceptors (Lipinski definition) is 5. The number of hydrogen-bond donors (Lipinski definition) is 1. The molecule has 0 spiro atoms. The summed E-state index contributed by atoms with van der Waals surface area (Å²) in [4.78, 5) is 38.5. The first-order valence-corrected chi connectivity index (χ1v) is 8.99. The van der Waals surface area contributed by atoms with Gasteiger partial charge >= 0.3 is 0 Å². The summed E-state index contributed by atoms with van der Waals surface area (Å²) in [6.45, 7) is 1.95. The number of methoxy groups -OCH3 is 2. The zero-order valence-corrected chi connectivity index (χ0v) is 15.8. The molecule has 1 saturated heterocycles. The minimum Gasteiger partial charge on any atom is -0.493 e. The second kappa shape index (κ2) is 7.82. The van der Waals surface area contributed by atoms with E-state index in [9.17, 15) is 14.4 Å². The second-order valence-corrected chi connectivity index (χ2v) is 6.80. The van der Waals surface area contributed by atoms with Crippen LogP contribution in [0, 0.1) is 18.8 Å². The van der Waals surface area contributed by atoms with Crippen molar-refractivity contribution in [1.29, 1.82) is 0 Å². The van der Waals surface area contributed by atoms with Gasteiger partial charge in [0.2, 0.25) is 17.7 Å². The third-order valence-corrected chi connectivity index (χ3v) is 5.17. The van der Waals surface area contributed by atoms with Crippen molar-refractivity contribution in [2.24, 2.45) is 11.8 Å². The molecule has 7 nitrogen and oxygen atoms in total. The number of amides is 3. The third kappa shape index (κ3) is 3.67. The molecular formula is C20H24N2O5. The van der Waals surface area contributed by atoms with E-state index in [1.807, 2.05) is 19.1 Å². The number of fused-ring (bicyclic) bond motifs is 1. The van der Waals surface area contributed by atoms with Crippen LogP contribution in [0.4, 0.5) is 5.69 Å². The maximum Gasteiger partial charge on any atom is 0.233 e. The fourth-order valence-corrected chi connectivity index (χ4v) is 3.63. The Bertz CT molecular complexity index is 776. The number of ether oxygens (including phenoxy) is 2. The maximum atomic E-state index is 12.4. The Morgan fingerprint density at radius 2 is 1.63 bits per heavy atom. The van der Waals surface area contributed by atoms with Crippen LogP contribution in [0.3, 0.4) is 0 Å². The molecule has 3 rings (SSSR count). The average Bonchev–Trinajstić information content (AvgIpc) is 2.92. The third-order valence-electron chi connectivity index (χ3n) is 5.17. The van der Waals surface area contributed by atoms with E-state index in [1.54, 1.807) is 19.2 Å². The first-order valence-electron chi connectivity index (χ1n) is 8.99. The highest BCUT2D eigenvalue weighted by molar-refractivity contribution is 6.05. The lowest BCUT2D eigenvalue weighted by atomic mass is 9.85. The van der Waals surface area contributed by atoms with Gasteiger partial charge in [-0.2, -0.15) is 0 Å². The first kappa shape index (κ1) is 18.9. The summed E-state index contributed by atoms with van der Waals surface area (Å²) in [6, 6.07) is 3.47. The summed E-state index contributed by atoms with van der Waals surface area (Å²) in [5, 5.41) is 2.82. The van der Waals surface area contributed by atoms with Gasteiger partial charge in [0.1, 0.15) is 0 Å². The van der Waals surface area contributed by atoms with Crippen molar-refractivity contribution in [2.45, 2.75) is 26.2 Å². The molecule has 1 heterocycles. The minimum atomic E-state index is -0.265. The first-order chi connectivity index (χ1) is 13.0. The summed E-state index contributed by atoms with van der Waals surface area (Å²) in [5.41, 5.74) is 1.43. The number of nitrogens with zero attached hydrogens (tertiary/aromatic N) is 1. The fourth-order valence-electron chi connectivity index (χ4n) is 3.63. The van der Waals surface area contributed by atoms with Crippen molar-refractivity contribution in [3.05, 3.63) is 29.8 Å². The molecule has 0 aromatic heterocycles. The molecule has 1 fully saturated rings. The van der Waals surface area contributed by atoms with Gasteiger partial charge in [0, 0.05) is 24.7 Å². The summed E-state index contributed by atoms with van der Waals surface area (Å²) in [7, 11) is 3.07. The number of imide groups is 1. The highest BCUT2D eigenvalue weighted by atomic mass is 16.5. The van der Waals surface area contributed by atoms with Gasteiger partial charge in [-0.15, -0.1) is 0 Å². The molecule has 27 heavy (non-hydrogen) atoms. The van der Waals surface area contributed by atoms with Gasteiger partial charge in [-0.05, 0) is 31.4 Å². The van der Waals surface area contributed by atoms with E-state index in [2.05, 4.69) is 5.32 Å². The van der Waals surface area contributed by atoms with Gasteiger partial charge in [-0.3, -0.25) is 19.3 Å². The summed E-state index contributed by atoms with van der Waals surface area (Å²) in [5.74, 6) is -0.0255. The van der Waals surface area contributed by atoms with E-state index in [0.29, 0.717) is 30.0 Å². The molecule has 144 valence electrons. The second-order valence-electron chi connectivity index (χ2n) is 6.80. The number of anilines is 1. The van der Waals surface area contributed by atoms with Crippen LogP contribution in [-0.4, -0.2) is 43.4 Å².